The minimum absolute atomic E-state index is 0.0137. The van der Waals surface area contributed by atoms with Crippen LogP contribution in [0.2, 0.25) is 0 Å². The van der Waals surface area contributed by atoms with Crippen LogP contribution in [0, 0.1) is 0 Å². The molecule has 1 fully saturated rings. The minimum atomic E-state index is -5.07. The highest BCUT2D eigenvalue weighted by Crippen LogP contribution is 2.26. The van der Waals surface area contributed by atoms with E-state index in [1.54, 1.807) is 0 Å². The lowest BCUT2D eigenvalue weighted by Gasteiger charge is -2.41. The number of rotatable bonds is 34. The summed E-state index contributed by atoms with van der Waals surface area (Å²) in [4.78, 5) is 12.8. The fourth-order valence-electron chi connectivity index (χ4n) is 5.76. The lowest BCUT2D eigenvalue weighted by atomic mass is 9.99. The molecular weight excluding hydrogens is 729 g/mol. The molecule has 6 unspecified atom stereocenters. The monoisotopic (exact) mass is 800 g/mol. The molecule has 0 aromatic rings. The highest BCUT2D eigenvalue weighted by atomic mass is 32.3. The molecule has 318 valence electrons. The van der Waals surface area contributed by atoms with E-state index >= 15 is 0 Å². The summed E-state index contributed by atoms with van der Waals surface area (Å²) in [7, 11) is -5.07. The Morgan fingerprint density at radius 3 is 1.84 bits per heavy atom. The summed E-state index contributed by atoms with van der Waals surface area (Å²) < 4.78 is 58.8. The average Bonchev–Trinajstić information content (AvgIpc) is 3.15. The van der Waals surface area contributed by atoms with Crippen LogP contribution in [0.5, 0.6) is 0 Å². The van der Waals surface area contributed by atoms with Crippen LogP contribution in [-0.2, 0) is 38.3 Å². The summed E-state index contributed by atoms with van der Waals surface area (Å²) in [6.45, 7) is 3.74. The van der Waals surface area contributed by atoms with Crippen LogP contribution >= 0.6 is 0 Å². The summed E-state index contributed by atoms with van der Waals surface area (Å²) in [6, 6.07) is 0. The molecule has 0 aromatic heterocycles. The number of allylic oxidation sites excluding steroid dienone is 10. The SMILES string of the molecule is CC/C=C\C/C=C\C/C=C\CCCCCC(=O)OC(COCCCCCCCC/C=C\C/C=C\CCCC)COC1OC(CO)C(O)C(OS(=O)(=O)O)C1O. The van der Waals surface area contributed by atoms with Gasteiger partial charge in [0.15, 0.2) is 6.29 Å². The lowest BCUT2D eigenvalue weighted by molar-refractivity contribution is -0.301. The molecule has 0 radical (unpaired) electrons. The Kier molecular flexibility index (Phi) is 31.3. The number of aliphatic hydroxyl groups excluding tert-OH is 3. The topological polar surface area (TPSA) is 178 Å². The normalized spacial score (nSPS) is 21.6. The molecule has 6 atom stereocenters. The van der Waals surface area contributed by atoms with Crippen LogP contribution in [0.1, 0.15) is 136 Å². The molecule has 13 heteroatoms. The molecule has 1 aliphatic rings. The van der Waals surface area contributed by atoms with Crippen molar-refractivity contribution in [2.24, 2.45) is 0 Å². The first-order valence-corrected chi connectivity index (χ1v) is 21.9. The zero-order chi connectivity index (χ0) is 40.4. The van der Waals surface area contributed by atoms with Crippen molar-refractivity contribution < 1.29 is 56.2 Å². The number of carbonyl (C=O) groups is 1. The van der Waals surface area contributed by atoms with Crippen molar-refractivity contribution in [2.45, 2.75) is 173 Å². The summed E-state index contributed by atoms with van der Waals surface area (Å²) in [5.74, 6) is -0.436. The molecule has 0 aromatic carbocycles. The molecule has 1 saturated heterocycles. The van der Waals surface area contributed by atoms with Gasteiger partial charge in [-0.1, -0.05) is 120 Å². The largest absolute Gasteiger partial charge is 0.457 e. The van der Waals surface area contributed by atoms with Crippen molar-refractivity contribution in [3.05, 3.63) is 60.8 Å². The molecule has 1 aliphatic heterocycles. The molecule has 55 heavy (non-hydrogen) atoms. The zero-order valence-electron chi connectivity index (χ0n) is 33.5. The molecule has 4 N–H and O–H groups in total. The number of hydrogen-bond acceptors (Lipinski definition) is 11. The van der Waals surface area contributed by atoms with Gasteiger partial charge in [0.1, 0.15) is 30.5 Å². The number of carbonyl (C=O) groups excluding carboxylic acids is 1. The minimum Gasteiger partial charge on any atom is -0.457 e. The first-order chi connectivity index (χ1) is 26.6. The number of ether oxygens (including phenoxy) is 4. The lowest BCUT2D eigenvalue weighted by Crippen LogP contribution is -2.60. The second-order valence-electron chi connectivity index (χ2n) is 13.8. The van der Waals surface area contributed by atoms with Gasteiger partial charge in [0.2, 0.25) is 0 Å². The first kappa shape index (κ1) is 50.8. The highest BCUT2D eigenvalue weighted by Gasteiger charge is 2.48. The van der Waals surface area contributed by atoms with Gasteiger partial charge in [-0.25, -0.2) is 4.18 Å². The molecule has 0 spiro atoms. The highest BCUT2D eigenvalue weighted by molar-refractivity contribution is 7.80. The average molecular weight is 801 g/mol. The Bertz CT molecular complexity index is 1200. The summed E-state index contributed by atoms with van der Waals surface area (Å²) in [5.41, 5.74) is 0. The third-order valence-corrected chi connectivity index (χ3v) is 9.34. The van der Waals surface area contributed by atoms with Gasteiger partial charge in [-0.3, -0.25) is 9.35 Å². The van der Waals surface area contributed by atoms with Crippen molar-refractivity contribution in [1.29, 1.82) is 0 Å². The van der Waals surface area contributed by atoms with E-state index in [9.17, 15) is 28.5 Å². The van der Waals surface area contributed by atoms with Crippen molar-refractivity contribution in [3.63, 3.8) is 0 Å². The van der Waals surface area contributed by atoms with Crippen molar-refractivity contribution >= 4 is 16.4 Å². The third kappa shape index (κ3) is 27.9. The van der Waals surface area contributed by atoms with Gasteiger partial charge < -0.3 is 34.3 Å². The van der Waals surface area contributed by atoms with Gasteiger partial charge in [0.25, 0.3) is 0 Å². The number of aliphatic hydroxyl groups is 3. The molecule has 0 amide bonds. The van der Waals surface area contributed by atoms with E-state index in [1.165, 1.54) is 25.7 Å². The Hall–Kier alpha value is -2.20. The molecular formula is C42H72O12S. The van der Waals surface area contributed by atoms with Gasteiger partial charge in [-0.15, -0.1) is 0 Å². The van der Waals surface area contributed by atoms with Crippen LogP contribution in [0.4, 0.5) is 0 Å². The van der Waals surface area contributed by atoms with Crippen LogP contribution in [0.3, 0.4) is 0 Å². The molecule has 0 aliphatic carbocycles. The van der Waals surface area contributed by atoms with Crippen molar-refractivity contribution in [3.8, 4) is 0 Å². The Morgan fingerprint density at radius 1 is 0.709 bits per heavy atom. The fraction of sp³-hybridized carbons (Fsp3) is 0.738. The Balaban J connectivity index is 2.51. The second kappa shape index (κ2) is 33.9. The van der Waals surface area contributed by atoms with Crippen molar-refractivity contribution in [1.82, 2.24) is 0 Å². The van der Waals surface area contributed by atoms with E-state index in [1.807, 2.05) is 0 Å². The summed E-state index contributed by atoms with van der Waals surface area (Å²) in [6.07, 6.45) is 31.2. The van der Waals surface area contributed by atoms with E-state index in [4.69, 9.17) is 23.5 Å². The molecule has 12 nitrogen and oxygen atoms in total. The summed E-state index contributed by atoms with van der Waals surface area (Å²) >= 11 is 0. The maximum absolute atomic E-state index is 12.8. The molecule has 1 rings (SSSR count). The van der Waals surface area contributed by atoms with Crippen molar-refractivity contribution in [2.75, 3.05) is 26.4 Å². The second-order valence-corrected chi connectivity index (χ2v) is 14.9. The standard InChI is InChI=1S/C42H72O12S/c1-3-5-7-9-11-13-15-17-18-20-22-24-26-28-30-32-50-34-36(35-51-42-40(46)41(54-55(47,48)49)39(45)37(33-43)53-42)52-38(44)31-29-27-25-23-21-19-16-14-12-10-8-6-4-2/h6,8-9,11-12,14-15,17,19,21,36-37,39-43,45-46H,3-5,7,10,13,16,18,20,22-35H2,1-2H3,(H,47,48,49)/b8-6-,11-9-,14-12-,17-15-,21-19-. The smallest absolute Gasteiger partial charge is 0.397 e. The third-order valence-electron chi connectivity index (χ3n) is 8.87. The number of esters is 1. The van der Waals surface area contributed by atoms with Crippen LogP contribution < -0.4 is 0 Å². The van der Waals surface area contributed by atoms with Gasteiger partial charge in [-0.2, -0.15) is 8.42 Å². The number of hydrogen-bond donors (Lipinski definition) is 4. The predicted molar refractivity (Wildman–Crippen MR) is 216 cm³/mol. The van der Waals surface area contributed by atoms with E-state index in [2.05, 4.69) is 78.8 Å². The van der Waals surface area contributed by atoms with Crippen LogP contribution in [0.15, 0.2) is 60.8 Å². The van der Waals surface area contributed by atoms with E-state index in [0.29, 0.717) is 13.0 Å². The zero-order valence-corrected chi connectivity index (χ0v) is 34.3. The quantitative estimate of drug-likeness (QED) is 0.0215. The van der Waals surface area contributed by atoms with Gasteiger partial charge in [-0.05, 0) is 70.6 Å². The molecule has 0 bridgehead atoms. The van der Waals surface area contributed by atoms with Gasteiger partial charge >= 0.3 is 16.4 Å². The van der Waals surface area contributed by atoms with E-state index in [0.717, 1.165) is 83.5 Å². The van der Waals surface area contributed by atoms with E-state index < -0.39 is 59.8 Å². The Morgan fingerprint density at radius 2 is 1.25 bits per heavy atom. The molecule has 0 saturated carbocycles. The fourth-order valence-corrected chi connectivity index (χ4v) is 6.27. The van der Waals surface area contributed by atoms with Crippen LogP contribution in [-0.4, -0.2) is 97.5 Å². The molecule has 1 heterocycles. The number of unbranched alkanes of at least 4 members (excludes halogenated alkanes) is 11. The van der Waals surface area contributed by atoms with Gasteiger partial charge in [0.05, 0.1) is 19.8 Å². The maximum atomic E-state index is 12.8. The summed E-state index contributed by atoms with van der Waals surface area (Å²) in [5, 5.41) is 30.6. The first-order valence-electron chi connectivity index (χ1n) is 20.5. The van der Waals surface area contributed by atoms with Crippen LogP contribution in [0.25, 0.3) is 0 Å². The van der Waals surface area contributed by atoms with Gasteiger partial charge in [0, 0.05) is 13.0 Å². The maximum Gasteiger partial charge on any atom is 0.397 e. The van der Waals surface area contributed by atoms with E-state index in [-0.39, 0.29) is 19.6 Å². The Labute approximate surface area is 331 Å². The predicted octanol–water partition coefficient (Wildman–Crippen LogP) is 7.79.